The third-order valence-corrected chi connectivity index (χ3v) is 4.65. The number of aromatic nitrogens is 2. The number of hydrogen-bond donors (Lipinski definition) is 1. The lowest BCUT2D eigenvalue weighted by molar-refractivity contribution is 0.437. The summed E-state index contributed by atoms with van der Waals surface area (Å²) in [6.07, 6.45) is 5.54. The predicted octanol–water partition coefficient (Wildman–Crippen LogP) is 2.66. The van der Waals surface area contributed by atoms with E-state index in [1.807, 2.05) is 0 Å². The average Bonchev–Trinajstić information content (AvgIpc) is 2.94. The van der Waals surface area contributed by atoms with Crippen LogP contribution in [-0.4, -0.2) is 35.6 Å². The highest BCUT2D eigenvalue weighted by molar-refractivity contribution is 7.17. The Kier molecular flexibility index (Phi) is 3.94. The molecule has 1 saturated heterocycles. The molecule has 0 aromatic carbocycles. The van der Waals surface area contributed by atoms with Crippen LogP contribution in [0.2, 0.25) is 0 Å². The van der Waals surface area contributed by atoms with Crippen molar-refractivity contribution in [1.82, 2.24) is 15.3 Å². The number of nitrogens with zero attached hydrogens (tertiary/aromatic N) is 3. The zero-order valence-corrected chi connectivity index (χ0v) is 12.1. The predicted molar refractivity (Wildman–Crippen MR) is 80.9 cm³/mol. The van der Waals surface area contributed by atoms with Gasteiger partial charge in [0.2, 0.25) is 0 Å². The standard InChI is InChI=1S/C14H20N4S/c1-2-15-9-11-5-3-4-7-18(11)14-13-12(6-8-19-13)16-10-17-14/h6,8,10-11,15H,2-5,7,9H2,1H3. The summed E-state index contributed by atoms with van der Waals surface area (Å²) in [5.41, 5.74) is 1.07. The van der Waals surface area contributed by atoms with Crippen LogP contribution in [0.1, 0.15) is 26.2 Å². The Hall–Kier alpha value is -1.20. The number of piperidine rings is 1. The second-order valence-electron chi connectivity index (χ2n) is 4.98. The second kappa shape index (κ2) is 5.84. The van der Waals surface area contributed by atoms with Gasteiger partial charge < -0.3 is 10.2 Å². The van der Waals surface area contributed by atoms with Crippen molar-refractivity contribution in [3.05, 3.63) is 17.8 Å². The molecule has 2 aromatic rings. The third kappa shape index (κ3) is 2.58. The largest absolute Gasteiger partial charge is 0.351 e. The highest BCUT2D eigenvalue weighted by Gasteiger charge is 2.25. The van der Waals surface area contributed by atoms with Gasteiger partial charge in [-0.3, -0.25) is 0 Å². The molecule has 3 heterocycles. The van der Waals surface area contributed by atoms with Crippen LogP contribution < -0.4 is 10.2 Å². The smallest absolute Gasteiger partial charge is 0.150 e. The first kappa shape index (κ1) is 12.8. The molecule has 0 aliphatic carbocycles. The molecule has 0 spiro atoms. The maximum absolute atomic E-state index is 4.56. The van der Waals surface area contributed by atoms with Crippen molar-refractivity contribution < 1.29 is 0 Å². The van der Waals surface area contributed by atoms with Crippen LogP contribution >= 0.6 is 11.3 Å². The average molecular weight is 276 g/mol. The maximum Gasteiger partial charge on any atom is 0.150 e. The van der Waals surface area contributed by atoms with Gasteiger partial charge in [0.15, 0.2) is 0 Å². The van der Waals surface area contributed by atoms with Crippen molar-refractivity contribution in [3.8, 4) is 0 Å². The monoisotopic (exact) mass is 276 g/mol. The summed E-state index contributed by atoms with van der Waals surface area (Å²) in [4.78, 5) is 11.4. The van der Waals surface area contributed by atoms with E-state index in [1.54, 1.807) is 17.7 Å². The van der Waals surface area contributed by atoms with E-state index < -0.39 is 0 Å². The molecular weight excluding hydrogens is 256 g/mol. The number of anilines is 1. The van der Waals surface area contributed by atoms with E-state index in [2.05, 4.69) is 38.6 Å². The molecule has 0 saturated carbocycles. The summed E-state index contributed by atoms with van der Waals surface area (Å²) >= 11 is 1.75. The van der Waals surface area contributed by atoms with Crippen molar-refractivity contribution in [3.63, 3.8) is 0 Å². The van der Waals surface area contributed by atoms with Crippen molar-refractivity contribution in [1.29, 1.82) is 0 Å². The molecular formula is C14H20N4S. The minimum atomic E-state index is 0.564. The summed E-state index contributed by atoms with van der Waals surface area (Å²) in [5, 5.41) is 5.58. The van der Waals surface area contributed by atoms with E-state index in [0.717, 1.165) is 31.0 Å². The quantitative estimate of drug-likeness (QED) is 0.932. The summed E-state index contributed by atoms with van der Waals surface area (Å²) in [7, 11) is 0. The molecule has 102 valence electrons. The van der Waals surface area contributed by atoms with Gasteiger partial charge in [-0.15, -0.1) is 11.3 Å². The van der Waals surface area contributed by atoms with Crippen LogP contribution in [0.15, 0.2) is 17.8 Å². The number of fused-ring (bicyclic) bond motifs is 1. The van der Waals surface area contributed by atoms with Gasteiger partial charge in [-0.25, -0.2) is 9.97 Å². The summed E-state index contributed by atoms with van der Waals surface area (Å²) < 4.78 is 1.23. The number of likely N-dealkylation sites (N-methyl/N-ethyl adjacent to an activating group) is 1. The molecule has 5 heteroatoms. The van der Waals surface area contributed by atoms with Crippen LogP contribution in [0.3, 0.4) is 0 Å². The Bertz CT molecular complexity index is 539. The molecule has 19 heavy (non-hydrogen) atoms. The SMILES string of the molecule is CCNCC1CCCCN1c1ncnc2ccsc12. The van der Waals surface area contributed by atoms with Gasteiger partial charge >= 0.3 is 0 Å². The van der Waals surface area contributed by atoms with Crippen LogP contribution in [0.4, 0.5) is 5.82 Å². The van der Waals surface area contributed by atoms with Gasteiger partial charge in [-0.1, -0.05) is 6.92 Å². The van der Waals surface area contributed by atoms with E-state index in [1.165, 1.54) is 24.0 Å². The number of thiophene rings is 1. The molecule has 1 fully saturated rings. The van der Waals surface area contributed by atoms with Crippen LogP contribution in [0.5, 0.6) is 0 Å². The Morgan fingerprint density at radius 1 is 1.42 bits per heavy atom. The van der Waals surface area contributed by atoms with Crippen molar-refractivity contribution in [2.45, 2.75) is 32.2 Å². The van der Waals surface area contributed by atoms with Gasteiger partial charge in [0.1, 0.15) is 12.1 Å². The fourth-order valence-corrected chi connectivity index (χ4v) is 3.63. The maximum atomic E-state index is 4.56. The molecule has 1 N–H and O–H groups in total. The summed E-state index contributed by atoms with van der Waals surface area (Å²) in [5.74, 6) is 1.13. The number of hydrogen-bond acceptors (Lipinski definition) is 5. The van der Waals surface area contributed by atoms with Crippen LogP contribution in [0.25, 0.3) is 10.2 Å². The molecule has 0 amide bonds. The van der Waals surface area contributed by atoms with Crippen LogP contribution in [0, 0.1) is 0 Å². The van der Waals surface area contributed by atoms with E-state index in [9.17, 15) is 0 Å². The topological polar surface area (TPSA) is 41.0 Å². The molecule has 2 aromatic heterocycles. The first-order valence-electron chi connectivity index (χ1n) is 7.05. The molecule has 1 atom stereocenters. The molecule has 1 unspecified atom stereocenters. The highest BCUT2D eigenvalue weighted by Crippen LogP contribution is 2.31. The van der Waals surface area contributed by atoms with Gasteiger partial charge in [-0.2, -0.15) is 0 Å². The summed E-state index contributed by atoms with van der Waals surface area (Å²) in [6.45, 7) is 5.35. The second-order valence-corrected chi connectivity index (χ2v) is 5.90. The highest BCUT2D eigenvalue weighted by atomic mass is 32.1. The lowest BCUT2D eigenvalue weighted by atomic mass is 10.0. The fraction of sp³-hybridized carbons (Fsp3) is 0.571. The Morgan fingerprint density at radius 3 is 3.26 bits per heavy atom. The summed E-state index contributed by atoms with van der Waals surface area (Å²) in [6, 6.07) is 2.64. The Morgan fingerprint density at radius 2 is 2.37 bits per heavy atom. The van der Waals surface area contributed by atoms with E-state index in [4.69, 9.17) is 0 Å². The number of nitrogens with one attached hydrogen (secondary N) is 1. The van der Waals surface area contributed by atoms with Gasteiger partial charge in [-0.05, 0) is 37.3 Å². The normalized spacial score (nSPS) is 20.1. The van der Waals surface area contributed by atoms with Crippen molar-refractivity contribution in [2.75, 3.05) is 24.5 Å². The lowest BCUT2D eigenvalue weighted by Gasteiger charge is -2.37. The molecule has 4 nitrogen and oxygen atoms in total. The van der Waals surface area contributed by atoms with E-state index in [-0.39, 0.29) is 0 Å². The lowest BCUT2D eigenvalue weighted by Crippen LogP contribution is -2.46. The zero-order chi connectivity index (χ0) is 13.1. The first-order valence-corrected chi connectivity index (χ1v) is 7.93. The van der Waals surface area contributed by atoms with Gasteiger partial charge in [0.05, 0.1) is 10.2 Å². The Balaban J connectivity index is 1.91. The third-order valence-electron chi connectivity index (χ3n) is 3.75. The molecule has 0 radical (unpaired) electrons. The van der Waals surface area contributed by atoms with E-state index >= 15 is 0 Å². The number of rotatable bonds is 4. The fourth-order valence-electron chi connectivity index (χ4n) is 2.78. The van der Waals surface area contributed by atoms with Gasteiger partial charge in [0.25, 0.3) is 0 Å². The van der Waals surface area contributed by atoms with Crippen LogP contribution in [-0.2, 0) is 0 Å². The molecule has 3 rings (SSSR count). The molecule has 1 aliphatic rings. The first-order chi connectivity index (χ1) is 9.40. The minimum Gasteiger partial charge on any atom is -0.351 e. The zero-order valence-electron chi connectivity index (χ0n) is 11.3. The van der Waals surface area contributed by atoms with Gasteiger partial charge in [0, 0.05) is 19.1 Å². The molecule has 1 aliphatic heterocycles. The van der Waals surface area contributed by atoms with E-state index in [0.29, 0.717) is 6.04 Å². The minimum absolute atomic E-state index is 0.564. The Labute approximate surface area is 117 Å². The van der Waals surface area contributed by atoms with Crippen molar-refractivity contribution >= 4 is 27.4 Å². The van der Waals surface area contributed by atoms with Crippen molar-refractivity contribution in [2.24, 2.45) is 0 Å². The molecule has 0 bridgehead atoms.